The van der Waals surface area contributed by atoms with E-state index in [1.807, 2.05) is 78.9 Å². The van der Waals surface area contributed by atoms with E-state index in [9.17, 15) is 9.59 Å². The molecule has 0 bridgehead atoms. The maximum Gasteiger partial charge on any atom is 0.261 e. The zero-order valence-corrected chi connectivity index (χ0v) is 17.7. The summed E-state index contributed by atoms with van der Waals surface area (Å²) >= 11 is 0. The van der Waals surface area contributed by atoms with Crippen molar-refractivity contribution in [1.29, 1.82) is 0 Å². The molecule has 3 rings (SSSR count). The summed E-state index contributed by atoms with van der Waals surface area (Å²) < 4.78 is 5.63. The van der Waals surface area contributed by atoms with Crippen molar-refractivity contribution in [2.75, 3.05) is 13.2 Å². The van der Waals surface area contributed by atoms with Crippen molar-refractivity contribution in [3.05, 3.63) is 102 Å². The summed E-state index contributed by atoms with van der Waals surface area (Å²) in [5.74, 6) is 0.203. The van der Waals surface area contributed by atoms with E-state index in [0.717, 1.165) is 17.5 Å². The molecule has 3 aromatic carbocycles. The Morgan fingerprint density at radius 3 is 2.00 bits per heavy atom. The number of amides is 2. The summed E-state index contributed by atoms with van der Waals surface area (Å²) in [6.45, 7) is 2.48. The first-order valence-electron chi connectivity index (χ1n) is 10.5. The Kier molecular flexibility index (Phi) is 8.23. The predicted molar refractivity (Wildman–Crippen MR) is 122 cm³/mol. The van der Waals surface area contributed by atoms with Crippen LogP contribution in [0.1, 0.15) is 18.1 Å². The predicted octanol–water partition coefficient (Wildman–Crippen LogP) is 3.84. The highest BCUT2D eigenvalue weighted by Crippen LogP contribution is 2.12. The molecule has 1 N–H and O–H groups in total. The number of ether oxygens (including phenoxy) is 1. The molecule has 2 amide bonds. The number of nitrogens with zero attached hydrogens (tertiary/aromatic N) is 1. The third kappa shape index (κ3) is 7.00. The molecule has 0 spiro atoms. The van der Waals surface area contributed by atoms with Gasteiger partial charge in [0.2, 0.25) is 5.91 Å². The molecule has 0 radical (unpaired) electrons. The fraction of sp³-hybridized carbons (Fsp3) is 0.231. The van der Waals surface area contributed by atoms with Crippen LogP contribution in [0.25, 0.3) is 0 Å². The van der Waals surface area contributed by atoms with Crippen molar-refractivity contribution in [1.82, 2.24) is 10.2 Å². The summed E-state index contributed by atoms with van der Waals surface area (Å²) in [4.78, 5) is 27.3. The van der Waals surface area contributed by atoms with Gasteiger partial charge in [-0.1, -0.05) is 78.9 Å². The maximum absolute atomic E-state index is 13.0. The molecule has 0 saturated carbocycles. The average molecular weight is 417 g/mol. The number of nitrogens with one attached hydrogen (secondary N) is 1. The van der Waals surface area contributed by atoms with E-state index < -0.39 is 6.04 Å². The SMILES string of the molecule is CC(C(=O)NCCc1ccccc1)N(Cc1ccccc1)C(=O)COc1ccccc1. The molecule has 0 fully saturated rings. The molecule has 5 nitrogen and oxygen atoms in total. The van der Waals surface area contributed by atoms with Crippen molar-refractivity contribution in [2.24, 2.45) is 0 Å². The van der Waals surface area contributed by atoms with Crippen molar-refractivity contribution < 1.29 is 14.3 Å². The molecular formula is C26H28N2O3. The minimum atomic E-state index is -0.622. The van der Waals surface area contributed by atoms with Gasteiger partial charge in [-0.25, -0.2) is 0 Å². The highest BCUT2D eigenvalue weighted by atomic mass is 16.5. The summed E-state index contributed by atoms with van der Waals surface area (Å²) in [5.41, 5.74) is 2.11. The van der Waals surface area contributed by atoms with Gasteiger partial charge in [0.1, 0.15) is 11.8 Å². The Morgan fingerprint density at radius 2 is 1.39 bits per heavy atom. The Balaban J connectivity index is 1.62. The van der Waals surface area contributed by atoms with E-state index in [1.165, 1.54) is 0 Å². The highest BCUT2D eigenvalue weighted by molar-refractivity contribution is 5.87. The summed E-state index contributed by atoms with van der Waals surface area (Å²) in [7, 11) is 0. The van der Waals surface area contributed by atoms with Gasteiger partial charge < -0.3 is 15.0 Å². The molecule has 1 atom stereocenters. The quantitative estimate of drug-likeness (QED) is 0.546. The Hall–Kier alpha value is -3.60. The van der Waals surface area contributed by atoms with Crippen molar-refractivity contribution in [3.63, 3.8) is 0 Å². The highest BCUT2D eigenvalue weighted by Gasteiger charge is 2.26. The van der Waals surface area contributed by atoms with E-state index in [4.69, 9.17) is 4.74 Å². The lowest BCUT2D eigenvalue weighted by Gasteiger charge is -2.28. The van der Waals surface area contributed by atoms with E-state index >= 15 is 0 Å². The first-order chi connectivity index (χ1) is 15.1. The maximum atomic E-state index is 13.0. The first kappa shape index (κ1) is 22.1. The third-order valence-corrected chi connectivity index (χ3v) is 5.02. The molecule has 0 aliphatic carbocycles. The smallest absolute Gasteiger partial charge is 0.261 e. The van der Waals surface area contributed by atoms with Crippen molar-refractivity contribution in [2.45, 2.75) is 25.9 Å². The number of carbonyl (C=O) groups is 2. The minimum Gasteiger partial charge on any atom is -0.484 e. The van der Waals surface area contributed by atoms with Crippen LogP contribution in [0.5, 0.6) is 5.75 Å². The standard InChI is InChI=1S/C26H28N2O3/c1-21(26(30)27-18-17-22-11-5-2-6-12-22)28(19-23-13-7-3-8-14-23)25(29)20-31-24-15-9-4-10-16-24/h2-16,21H,17-20H2,1H3,(H,27,30). The number of hydrogen-bond donors (Lipinski definition) is 1. The summed E-state index contributed by atoms with van der Waals surface area (Å²) in [6.07, 6.45) is 0.739. The van der Waals surface area contributed by atoms with Gasteiger partial charge in [-0.15, -0.1) is 0 Å². The fourth-order valence-corrected chi connectivity index (χ4v) is 3.23. The molecule has 160 valence electrons. The van der Waals surface area contributed by atoms with Crippen LogP contribution < -0.4 is 10.1 Å². The number of rotatable bonds is 10. The van der Waals surface area contributed by atoms with Crippen LogP contribution in [-0.2, 0) is 22.6 Å². The zero-order valence-electron chi connectivity index (χ0n) is 17.7. The summed E-state index contributed by atoms with van der Waals surface area (Å²) in [5, 5.41) is 2.95. The Bertz CT molecular complexity index is 946. The lowest BCUT2D eigenvalue weighted by Crippen LogP contribution is -2.49. The number of benzene rings is 3. The molecule has 0 aromatic heterocycles. The molecule has 31 heavy (non-hydrogen) atoms. The molecule has 0 saturated heterocycles. The van der Waals surface area contributed by atoms with Gasteiger partial charge in [0.25, 0.3) is 5.91 Å². The third-order valence-electron chi connectivity index (χ3n) is 5.02. The first-order valence-corrected chi connectivity index (χ1v) is 10.5. The van der Waals surface area contributed by atoms with Crippen molar-refractivity contribution >= 4 is 11.8 Å². The van der Waals surface area contributed by atoms with Gasteiger partial charge in [-0.3, -0.25) is 9.59 Å². The monoisotopic (exact) mass is 416 g/mol. The van der Waals surface area contributed by atoms with Crippen LogP contribution in [-0.4, -0.2) is 35.9 Å². The van der Waals surface area contributed by atoms with Crippen LogP contribution >= 0.6 is 0 Å². The van der Waals surface area contributed by atoms with Gasteiger partial charge in [0.15, 0.2) is 6.61 Å². The average Bonchev–Trinajstić information content (AvgIpc) is 2.82. The van der Waals surface area contributed by atoms with Gasteiger partial charge >= 0.3 is 0 Å². The number of hydrogen-bond acceptors (Lipinski definition) is 3. The Labute approximate surface area is 183 Å². The molecule has 5 heteroatoms. The van der Waals surface area contributed by atoms with Gasteiger partial charge in [-0.05, 0) is 36.6 Å². The molecule has 0 heterocycles. The van der Waals surface area contributed by atoms with Gasteiger partial charge in [-0.2, -0.15) is 0 Å². The van der Waals surface area contributed by atoms with Gasteiger partial charge in [0, 0.05) is 13.1 Å². The van der Waals surface area contributed by atoms with Crippen LogP contribution in [0.3, 0.4) is 0 Å². The normalized spacial score (nSPS) is 11.4. The van der Waals surface area contributed by atoms with Crippen LogP contribution in [0.15, 0.2) is 91.0 Å². The van der Waals surface area contributed by atoms with E-state index in [1.54, 1.807) is 24.0 Å². The van der Waals surface area contributed by atoms with Crippen molar-refractivity contribution in [3.8, 4) is 5.75 Å². The molecular weight excluding hydrogens is 388 g/mol. The summed E-state index contributed by atoms with van der Waals surface area (Å²) in [6, 6.07) is 28.2. The second-order valence-electron chi connectivity index (χ2n) is 7.31. The molecule has 1 unspecified atom stereocenters. The minimum absolute atomic E-state index is 0.127. The van der Waals surface area contributed by atoms with Gasteiger partial charge in [0.05, 0.1) is 0 Å². The second-order valence-corrected chi connectivity index (χ2v) is 7.31. The molecule has 0 aliphatic heterocycles. The number of carbonyl (C=O) groups excluding carboxylic acids is 2. The van der Waals surface area contributed by atoms with Crippen LogP contribution in [0, 0.1) is 0 Å². The number of para-hydroxylation sites is 1. The van der Waals surface area contributed by atoms with Crippen LogP contribution in [0.2, 0.25) is 0 Å². The second kappa shape index (κ2) is 11.6. The lowest BCUT2D eigenvalue weighted by atomic mass is 10.1. The zero-order chi connectivity index (χ0) is 21.9. The molecule has 0 aliphatic rings. The van der Waals surface area contributed by atoms with Crippen LogP contribution in [0.4, 0.5) is 0 Å². The van der Waals surface area contributed by atoms with E-state index in [2.05, 4.69) is 5.32 Å². The lowest BCUT2D eigenvalue weighted by molar-refractivity contribution is -0.142. The topological polar surface area (TPSA) is 58.6 Å². The largest absolute Gasteiger partial charge is 0.484 e. The fourth-order valence-electron chi connectivity index (χ4n) is 3.23. The molecule has 3 aromatic rings. The Morgan fingerprint density at radius 1 is 0.839 bits per heavy atom. The van der Waals surface area contributed by atoms with E-state index in [-0.39, 0.29) is 18.4 Å². The van der Waals surface area contributed by atoms with E-state index in [0.29, 0.717) is 18.8 Å².